The summed E-state index contributed by atoms with van der Waals surface area (Å²) in [7, 11) is 2.12. The third-order valence-electron chi connectivity index (χ3n) is 3.98. The van der Waals surface area contributed by atoms with Gasteiger partial charge in [0.25, 0.3) is 5.69 Å². The Bertz CT molecular complexity index is 495. The Morgan fingerprint density at radius 2 is 2.20 bits per heavy atom. The van der Waals surface area contributed by atoms with Gasteiger partial charge in [-0.2, -0.15) is 0 Å². The fourth-order valence-corrected chi connectivity index (χ4v) is 3.02. The first-order valence-electron chi connectivity index (χ1n) is 6.85. The highest BCUT2D eigenvalue weighted by Gasteiger charge is 2.27. The van der Waals surface area contributed by atoms with Crippen molar-refractivity contribution in [2.24, 2.45) is 0 Å². The number of likely N-dealkylation sites (N-methyl/N-ethyl adjacent to an activating group) is 1. The van der Waals surface area contributed by atoms with E-state index < -0.39 is 0 Å². The normalized spacial score (nSPS) is 20.1. The molecule has 0 spiro atoms. The molecule has 1 aliphatic rings. The summed E-state index contributed by atoms with van der Waals surface area (Å²) in [5.41, 5.74) is 1.88. The van der Waals surface area contributed by atoms with E-state index in [1.54, 1.807) is 6.07 Å². The van der Waals surface area contributed by atoms with Gasteiger partial charge in [0.1, 0.15) is 5.69 Å². The first-order chi connectivity index (χ1) is 9.56. The number of anilines is 1. The molecule has 20 heavy (non-hydrogen) atoms. The predicted octanol–water partition coefficient (Wildman–Crippen LogP) is 3.02. The van der Waals surface area contributed by atoms with Crippen LogP contribution in [0.25, 0.3) is 0 Å². The number of halogens is 1. The Hall–Kier alpha value is -1.14. The van der Waals surface area contributed by atoms with E-state index >= 15 is 0 Å². The van der Waals surface area contributed by atoms with Gasteiger partial charge in [0.2, 0.25) is 0 Å². The molecule has 1 saturated heterocycles. The molecule has 5 nitrogen and oxygen atoms in total. The largest absolute Gasteiger partial charge is 0.363 e. The van der Waals surface area contributed by atoms with Gasteiger partial charge in [-0.3, -0.25) is 15.0 Å². The van der Waals surface area contributed by atoms with E-state index in [-0.39, 0.29) is 10.6 Å². The van der Waals surface area contributed by atoms with E-state index in [0.29, 0.717) is 11.4 Å². The standard InChI is InChI=1S/C14H20BrN3O2/c1-3-12-10-17(7-6-16(12)2)13-5-4-11(9-15)8-14(13)18(19)20/h4-5,8,12H,3,6-7,9-10H2,1-2H3. The fourth-order valence-electron chi connectivity index (χ4n) is 2.67. The second-order valence-electron chi connectivity index (χ2n) is 5.20. The minimum atomic E-state index is -0.277. The number of alkyl halides is 1. The summed E-state index contributed by atoms with van der Waals surface area (Å²) >= 11 is 3.35. The zero-order valence-electron chi connectivity index (χ0n) is 11.9. The van der Waals surface area contributed by atoms with Crippen LogP contribution in [0.4, 0.5) is 11.4 Å². The van der Waals surface area contributed by atoms with Crippen LogP contribution >= 0.6 is 15.9 Å². The molecule has 6 heteroatoms. The second kappa shape index (κ2) is 6.54. The zero-order valence-corrected chi connectivity index (χ0v) is 13.5. The van der Waals surface area contributed by atoms with Crippen LogP contribution in [0.3, 0.4) is 0 Å². The number of nitro groups is 1. The maximum absolute atomic E-state index is 11.3. The number of benzene rings is 1. The molecule has 0 saturated carbocycles. The Balaban J connectivity index is 2.30. The number of nitrogens with zero attached hydrogens (tertiary/aromatic N) is 3. The van der Waals surface area contributed by atoms with Crippen molar-refractivity contribution in [2.45, 2.75) is 24.7 Å². The van der Waals surface area contributed by atoms with Gasteiger partial charge in [0, 0.05) is 37.1 Å². The lowest BCUT2D eigenvalue weighted by Gasteiger charge is -2.40. The van der Waals surface area contributed by atoms with Crippen LogP contribution in [0.1, 0.15) is 18.9 Å². The summed E-state index contributed by atoms with van der Waals surface area (Å²) in [5, 5.41) is 11.9. The van der Waals surface area contributed by atoms with E-state index in [0.717, 1.165) is 37.3 Å². The van der Waals surface area contributed by atoms with Crippen molar-refractivity contribution in [1.29, 1.82) is 0 Å². The van der Waals surface area contributed by atoms with Crippen molar-refractivity contribution in [3.05, 3.63) is 33.9 Å². The van der Waals surface area contributed by atoms with Gasteiger partial charge in [-0.1, -0.05) is 28.9 Å². The molecule has 0 radical (unpaired) electrons. The predicted molar refractivity (Wildman–Crippen MR) is 84.6 cm³/mol. The molecule has 1 heterocycles. The van der Waals surface area contributed by atoms with Crippen molar-refractivity contribution < 1.29 is 4.92 Å². The highest BCUT2D eigenvalue weighted by Crippen LogP contribution is 2.31. The first-order valence-corrected chi connectivity index (χ1v) is 7.97. The Morgan fingerprint density at radius 1 is 1.45 bits per heavy atom. The number of hydrogen-bond donors (Lipinski definition) is 0. The molecular formula is C14H20BrN3O2. The summed E-state index contributed by atoms with van der Waals surface area (Å²) in [4.78, 5) is 15.5. The first kappa shape index (κ1) is 15.3. The van der Waals surface area contributed by atoms with Crippen LogP contribution in [-0.4, -0.2) is 42.5 Å². The summed E-state index contributed by atoms with van der Waals surface area (Å²) in [5.74, 6) is 0. The summed E-state index contributed by atoms with van der Waals surface area (Å²) in [6.07, 6.45) is 1.06. The maximum Gasteiger partial charge on any atom is 0.292 e. The Labute approximate surface area is 127 Å². The molecular weight excluding hydrogens is 322 g/mol. The third-order valence-corrected chi connectivity index (χ3v) is 4.63. The molecule has 0 aromatic heterocycles. The van der Waals surface area contributed by atoms with E-state index in [4.69, 9.17) is 0 Å². The Kier molecular flexibility index (Phi) is 4.99. The third kappa shape index (κ3) is 3.12. The van der Waals surface area contributed by atoms with Crippen LogP contribution in [0.2, 0.25) is 0 Å². The van der Waals surface area contributed by atoms with Gasteiger partial charge in [-0.05, 0) is 25.1 Å². The molecule has 2 rings (SSSR count). The minimum Gasteiger partial charge on any atom is -0.363 e. The van der Waals surface area contributed by atoms with Gasteiger partial charge < -0.3 is 4.90 Å². The van der Waals surface area contributed by atoms with Gasteiger partial charge in [0.05, 0.1) is 4.92 Å². The summed E-state index contributed by atoms with van der Waals surface area (Å²) in [6, 6.07) is 5.96. The molecule has 1 fully saturated rings. The molecule has 0 amide bonds. The average molecular weight is 342 g/mol. The number of nitro benzene ring substituents is 1. The summed E-state index contributed by atoms with van der Waals surface area (Å²) < 4.78 is 0. The van der Waals surface area contributed by atoms with E-state index in [2.05, 4.69) is 39.7 Å². The van der Waals surface area contributed by atoms with Crippen LogP contribution in [0.5, 0.6) is 0 Å². The van der Waals surface area contributed by atoms with Crippen LogP contribution in [-0.2, 0) is 5.33 Å². The zero-order chi connectivity index (χ0) is 14.7. The quantitative estimate of drug-likeness (QED) is 0.479. The van der Waals surface area contributed by atoms with Gasteiger partial charge in [-0.25, -0.2) is 0 Å². The van der Waals surface area contributed by atoms with E-state index in [9.17, 15) is 10.1 Å². The summed E-state index contributed by atoms with van der Waals surface area (Å²) in [6.45, 7) is 4.78. The monoisotopic (exact) mass is 341 g/mol. The minimum absolute atomic E-state index is 0.210. The molecule has 110 valence electrons. The van der Waals surface area contributed by atoms with Crippen LogP contribution < -0.4 is 4.90 Å². The highest BCUT2D eigenvalue weighted by atomic mass is 79.9. The average Bonchev–Trinajstić information content (AvgIpc) is 2.47. The van der Waals surface area contributed by atoms with Crippen molar-refractivity contribution in [2.75, 3.05) is 31.6 Å². The van der Waals surface area contributed by atoms with Gasteiger partial charge in [-0.15, -0.1) is 0 Å². The van der Waals surface area contributed by atoms with Crippen molar-refractivity contribution in [3.63, 3.8) is 0 Å². The Morgan fingerprint density at radius 3 is 2.80 bits per heavy atom. The smallest absolute Gasteiger partial charge is 0.292 e. The fraction of sp³-hybridized carbons (Fsp3) is 0.571. The van der Waals surface area contributed by atoms with Gasteiger partial charge in [0.15, 0.2) is 0 Å². The van der Waals surface area contributed by atoms with Gasteiger partial charge >= 0.3 is 0 Å². The second-order valence-corrected chi connectivity index (χ2v) is 5.76. The lowest BCUT2D eigenvalue weighted by molar-refractivity contribution is -0.384. The molecule has 1 atom stereocenters. The number of hydrogen-bond acceptors (Lipinski definition) is 4. The van der Waals surface area contributed by atoms with Crippen molar-refractivity contribution in [3.8, 4) is 0 Å². The lowest BCUT2D eigenvalue weighted by Crippen LogP contribution is -2.51. The van der Waals surface area contributed by atoms with Crippen LogP contribution in [0, 0.1) is 10.1 Å². The van der Waals surface area contributed by atoms with E-state index in [1.807, 2.05) is 12.1 Å². The van der Waals surface area contributed by atoms with E-state index in [1.165, 1.54) is 0 Å². The molecule has 1 aliphatic heterocycles. The molecule has 0 aliphatic carbocycles. The topological polar surface area (TPSA) is 49.6 Å². The number of piperazine rings is 1. The molecule has 0 N–H and O–H groups in total. The molecule has 1 unspecified atom stereocenters. The molecule has 1 aromatic carbocycles. The number of rotatable bonds is 4. The van der Waals surface area contributed by atoms with Crippen molar-refractivity contribution >= 4 is 27.3 Å². The van der Waals surface area contributed by atoms with Crippen molar-refractivity contribution in [1.82, 2.24) is 4.90 Å². The lowest BCUT2D eigenvalue weighted by atomic mass is 10.1. The molecule has 0 bridgehead atoms. The highest BCUT2D eigenvalue weighted by molar-refractivity contribution is 9.08. The van der Waals surface area contributed by atoms with Crippen LogP contribution in [0.15, 0.2) is 18.2 Å². The maximum atomic E-state index is 11.3. The SMILES string of the molecule is CCC1CN(c2ccc(CBr)cc2[N+](=O)[O-])CCN1C. The molecule has 1 aromatic rings.